The summed E-state index contributed by atoms with van der Waals surface area (Å²) in [5, 5.41) is 13.7. The topological polar surface area (TPSA) is 116 Å². The number of carbonyl (C=O) groups excluding carboxylic acids is 3. The first-order chi connectivity index (χ1) is 14.8. The Morgan fingerprint density at radius 2 is 1.77 bits per heavy atom. The summed E-state index contributed by atoms with van der Waals surface area (Å²) in [6, 6.07) is 13.4. The summed E-state index contributed by atoms with van der Waals surface area (Å²) in [5.41, 5.74) is 1.27. The molecule has 0 bridgehead atoms. The minimum Gasteiger partial charge on any atom is -0.480 e. The van der Waals surface area contributed by atoms with Crippen LogP contribution in [0.3, 0.4) is 0 Å². The molecular formula is C22H22FN3O5. The van der Waals surface area contributed by atoms with Gasteiger partial charge in [-0.2, -0.15) is 0 Å². The van der Waals surface area contributed by atoms with Crippen molar-refractivity contribution in [1.29, 1.82) is 0 Å². The Kier molecular flexibility index (Phi) is 6.96. The summed E-state index contributed by atoms with van der Waals surface area (Å²) in [7, 11) is 0. The van der Waals surface area contributed by atoms with Crippen LogP contribution >= 0.6 is 0 Å². The number of carbonyl (C=O) groups is 4. The third-order valence-electron chi connectivity index (χ3n) is 4.96. The van der Waals surface area contributed by atoms with Crippen molar-refractivity contribution in [2.75, 3.05) is 18.0 Å². The van der Waals surface area contributed by atoms with E-state index in [9.17, 15) is 23.6 Å². The minimum absolute atomic E-state index is 0.0436. The van der Waals surface area contributed by atoms with Gasteiger partial charge in [0.25, 0.3) is 0 Å². The van der Waals surface area contributed by atoms with E-state index in [4.69, 9.17) is 5.11 Å². The fourth-order valence-corrected chi connectivity index (χ4v) is 3.39. The molecule has 0 saturated carbocycles. The van der Waals surface area contributed by atoms with E-state index in [1.54, 1.807) is 24.3 Å². The Hall–Kier alpha value is -3.75. The van der Waals surface area contributed by atoms with Crippen LogP contribution in [0.5, 0.6) is 0 Å². The van der Waals surface area contributed by atoms with E-state index in [-0.39, 0.29) is 25.3 Å². The van der Waals surface area contributed by atoms with Crippen molar-refractivity contribution in [2.24, 2.45) is 5.92 Å². The highest BCUT2D eigenvalue weighted by Crippen LogP contribution is 2.25. The normalized spacial score (nSPS) is 16.6. The molecule has 1 aliphatic rings. The lowest BCUT2D eigenvalue weighted by molar-refractivity contribution is -0.138. The third kappa shape index (κ3) is 5.88. The number of nitrogens with zero attached hydrogens (tertiary/aromatic N) is 1. The number of halogens is 1. The first kappa shape index (κ1) is 21.9. The molecule has 0 spiro atoms. The van der Waals surface area contributed by atoms with Crippen molar-refractivity contribution >= 4 is 29.4 Å². The summed E-state index contributed by atoms with van der Waals surface area (Å²) in [6.45, 7) is -0.467. The van der Waals surface area contributed by atoms with Crippen LogP contribution in [0.4, 0.5) is 10.1 Å². The molecule has 8 nitrogen and oxygen atoms in total. The molecule has 1 saturated heterocycles. The molecule has 2 atom stereocenters. The zero-order valence-corrected chi connectivity index (χ0v) is 16.6. The first-order valence-electron chi connectivity index (χ1n) is 9.73. The number of carboxylic acids is 1. The van der Waals surface area contributed by atoms with Crippen LogP contribution in [0.1, 0.15) is 12.0 Å². The lowest BCUT2D eigenvalue weighted by Crippen LogP contribution is -2.50. The van der Waals surface area contributed by atoms with E-state index in [0.717, 1.165) is 5.56 Å². The monoisotopic (exact) mass is 427 g/mol. The van der Waals surface area contributed by atoms with E-state index in [0.29, 0.717) is 5.69 Å². The summed E-state index contributed by atoms with van der Waals surface area (Å²) < 4.78 is 13.1. The van der Waals surface area contributed by atoms with Gasteiger partial charge in [0, 0.05) is 25.1 Å². The number of hydrogen-bond acceptors (Lipinski definition) is 4. The Labute approximate surface area is 178 Å². The van der Waals surface area contributed by atoms with Gasteiger partial charge in [0.15, 0.2) is 0 Å². The number of carboxylic acid groups (broad SMARTS) is 1. The first-order valence-corrected chi connectivity index (χ1v) is 9.73. The van der Waals surface area contributed by atoms with Gasteiger partial charge in [-0.3, -0.25) is 19.2 Å². The quantitative estimate of drug-likeness (QED) is 0.584. The van der Waals surface area contributed by atoms with Crippen molar-refractivity contribution in [3.05, 3.63) is 66.0 Å². The second-order valence-corrected chi connectivity index (χ2v) is 7.24. The Balaban J connectivity index is 1.68. The van der Waals surface area contributed by atoms with Gasteiger partial charge in [0.2, 0.25) is 17.7 Å². The molecule has 2 aromatic rings. The maximum absolute atomic E-state index is 13.1. The van der Waals surface area contributed by atoms with Gasteiger partial charge in [-0.25, -0.2) is 4.39 Å². The number of anilines is 1. The van der Waals surface area contributed by atoms with Gasteiger partial charge < -0.3 is 20.6 Å². The van der Waals surface area contributed by atoms with Crippen molar-refractivity contribution in [3.63, 3.8) is 0 Å². The Bertz CT molecular complexity index is 965. The number of aliphatic carboxylic acids is 1. The Morgan fingerprint density at radius 3 is 2.42 bits per heavy atom. The predicted molar refractivity (Wildman–Crippen MR) is 110 cm³/mol. The van der Waals surface area contributed by atoms with E-state index < -0.39 is 42.1 Å². The SMILES string of the molecule is O=C(O)CNC(=O)C(Cc1ccccc1)NC(=O)C1CC(=O)N(c2ccc(F)cc2)C1. The van der Waals surface area contributed by atoms with E-state index in [2.05, 4.69) is 10.6 Å². The molecule has 162 valence electrons. The van der Waals surface area contributed by atoms with Crippen LogP contribution < -0.4 is 15.5 Å². The molecule has 0 aliphatic carbocycles. The molecule has 31 heavy (non-hydrogen) atoms. The van der Waals surface area contributed by atoms with Gasteiger partial charge in [-0.15, -0.1) is 0 Å². The molecule has 1 fully saturated rings. The van der Waals surface area contributed by atoms with Crippen LogP contribution in [0.15, 0.2) is 54.6 Å². The highest BCUT2D eigenvalue weighted by atomic mass is 19.1. The average Bonchev–Trinajstić information content (AvgIpc) is 3.14. The Morgan fingerprint density at radius 1 is 1.10 bits per heavy atom. The lowest BCUT2D eigenvalue weighted by atomic mass is 10.0. The summed E-state index contributed by atoms with van der Waals surface area (Å²) in [4.78, 5) is 49.9. The van der Waals surface area contributed by atoms with Crippen LogP contribution in [0, 0.1) is 11.7 Å². The molecule has 3 rings (SSSR count). The zero-order valence-electron chi connectivity index (χ0n) is 16.6. The molecule has 2 aromatic carbocycles. The van der Waals surface area contributed by atoms with Crippen molar-refractivity contribution in [3.8, 4) is 0 Å². The number of benzene rings is 2. The smallest absolute Gasteiger partial charge is 0.322 e. The van der Waals surface area contributed by atoms with Crippen molar-refractivity contribution < 1.29 is 28.7 Å². The highest BCUT2D eigenvalue weighted by molar-refractivity contribution is 6.01. The summed E-state index contributed by atoms with van der Waals surface area (Å²) in [6.07, 6.45) is 0.123. The van der Waals surface area contributed by atoms with Gasteiger partial charge >= 0.3 is 5.97 Å². The molecule has 1 heterocycles. The summed E-state index contributed by atoms with van der Waals surface area (Å²) >= 11 is 0. The average molecular weight is 427 g/mol. The summed E-state index contributed by atoms with van der Waals surface area (Å²) in [5.74, 6) is -3.70. The number of hydrogen-bond donors (Lipinski definition) is 3. The van der Waals surface area contributed by atoms with Crippen molar-refractivity contribution in [1.82, 2.24) is 10.6 Å². The van der Waals surface area contributed by atoms with E-state index in [1.807, 2.05) is 6.07 Å². The molecule has 0 aromatic heterocycles. The molecule has 9 heteroatoms. The highest BCUT2D eigenvalue weighted by Gasteiger charge is 2.36. The van der Waals surface area contributed by atoms with Gasteiger partial charge in [-0.1, -0.05) is 30.3 Å². The molecule has 1 aliphatic heterocycles. The number of nitrogens with one attached hydrogen (secondary N) is 2. The molecule has 2 unspecified atom stereocenters. The van der Waals surface area contributed by atoms with E-state index >= 15 is 0 Å². The third-order valence-corrected chi connectivity index (χ3v) is 4.96. The fraction of sp³-hybridized carbons (Fsp3) is 0.273. The van der Waals surface area contributed by atoms with Crippen LogP contribution in [-0.2, 0) is 25.6 Å². The largest absolute Gasteiger partial charge is 0.480 e. The molecule has 3 amide bonds. The van der Waals surface area contributed by atoms with Gasteiger partial charge in [-0.05, 0) is 29.8 Å². The number of rotatable bonds is 8. The zero-order chi connectivity index (χ0) is 22.4. The maximum Gasteiger partial charge on any atom is 0.322 e. The minimum atomic E-state index is -1.20. The van der Waals surface area contributed by atoms with Crippen LogP contribution in [0.25, 0.3) is 0 Å². The molecule has 0 radical (unpaired) electrons. The van der Waals surface area contributed by atoms with Crippen LogP contribution in [-0.4, -0.2) is 47.9 Å². The fourth-order valence-electron chi connectivity index (χ4n) is 3.39. The standard InChI is InChI=1S/C22H22FN3O5/c23-16-6-8-17(9-7-16)26-13-15(11-19(26)27)21(30)25-18(22(31)24-12-20(28)29)10-14-4-2-1-3-5-14/h1-9,15,18H,10-13H2,(H,24,31)(H,25,30)(H,28,29). The second kappa shape index (κ2) is 9.84. The van der Waals surface area contributed by atoms with E-state index in [1.165, 1.54) is 29.2 Å². The predicted octanol–water partition coefficient (Wildman–Crippen LogP) is 1.11. The second-order valence-electron chi connectivity index (χ2n) is 7.24. The molecular weight excluding hydrogens is 405 g/mol. The lowest BCUT2D eigenvalue weighted by Gasteiger charge is -2.21. The molecule has 3 N–H and O–H groups in total. The van der Waals surface area contributed by atoms with Crippen LogP contribution in [0.2, 0.25) is 0 Å². The number of amides is 3. The van der Waals surface area contributed by atoms with Gasteiger partial charge in [0.05, 0.1) is 5.92 Å². The maximum atomic E-state index is 13.1. The van der Waals surface area contributed by atoms with Gasteiger partial charge in [0.1, 0.15) is 18.4 Å². The van der Waals surface area contributed by atoms with Crippen molar-refractivity contribution in [2.45, 2.75) is 18.9 Å².